The van der Waals surface area contributed by atoms with Crippen LogP contribution < -0.4 is 0 Å². The van der Waals surface area contributed by atoms with Crippen molar-refractivity contribution in [1.29, 1.82) is 0 Å². The number of rotatable bonds is 6. The highest BCUT2D eigenvalue weighted by molar-refractivity contribution is 5.74. The molecule has 0 aromatic heterocycles. The van der Waals surface area contributed by atoms with Crippen molar-refractivity contribution in [3.8, 4) is 0 Å². The summed E-state index contributed by atoms with van der Waals surface area (Å²) in [7, 11) is 0. The highest BCUT2D eigenvalue weighted by atomic mass is 16.4. The Kier molecular flexibility index (Phi) is 4.82. The van der Waals surface area contributed by atoms with E-state index in [1.165, 1.54) is 6.92 Å². The summed E-state index contributed by atoms with van der Waals surface area (Å²) in [6, 6.07) is 0. The predicted octanol–water partition coefficient (Wildman–Crippen LogP) is -2.51. The Hall–Kier alpha value is -1.02. The molecular weight excluding hydrogens is 208 g/mol. The van der Waals surface area contributed by atoms with Crippen LogP contribution in [0.2, 0.25) is 0 Å². The van der Waals surface area contributed by atoms with Crippen molar-refractivity contribution >= 4 is 12.3 Å². The summed E-state index contributed by atoms with van der Waals surface area (Å²) in [6.45, 7) is 1.30. The first-order chi connectivity index (χ1) is 6.81. The lowest BCUT2D eigenvalue weighted by Crippen LogP contribution is -2.59. The number of aliphatic carboxylic acids is 1. The number of aliphatic hydroxyl groups excluding tert-OH is 3. The molecule has 0 amide bonds. The number of aliphatic hydroxyl groups is 4. The maximum absolute atomic E-state index is 10.4. The zero-order chi connectivity index (χ0) is 12.2. The summed E-state index contributed by atoms with van der Waals surface area (Å²) in [5, 5.41) is 45.5. The van der Waals surface area contributed by atoms with Gasteiger partial charge in [0.05, 0.1) is 0 Å². The molecule has 0 saturated carbocycles. The first kappa shape index (κ1) is 14.0. The summed E-state index contributed by atoms with van der Waals surface area (Å²) in [6.07, 6.45) is -6.70. The third kappa shape index (κ3) is 2.72. The third-order valence-corrected chi connectivity index (χ3v) is 2.25. The van der Waals surface area contributed by atoms with Crippen LogP contribution in [0.1, 0.15) is 13.3 Å². The van der Waals surface area contributed by atoms with Crippen molar-refractivity contribution in [3.05, 3.63) is 0 Å². The van der Waals surface area contributed by atoms with Gasteiger partial charge in [0.15, 0.2) is 12.4 Å². The fourth-order valence-corrected chi connectivity index (χ4v) is 1.15. The molecule has 0 heterocycles. The molecule has 0 spiro atoms. The number of carboxylic acids is 1. The van der Waals surface area contributed by atoms with E-state index in [1.807, 2.05) is 0 Å². The third-order valence-electron chi connectivity index (χ3n) is 2.25. The molecule has 0 bridgehead atoms. The highest BCUT2D eigenvalue weighted by Gasteiger charge is 2.47. The first-order valence-electron chi connectivity index (χ1n) is 4.25. The second kappa shape index (κ2) is 5.17. The van der Waals surface area contributed by atoms with Crippen molar-refractivity contribution in [3.63, 3.8) is 0 Å². The Labute approximate surface area is 85.6 Å². The molecule has 0 saturated heterocycles. The minimum absolute atomic E-state index is 0.0557. The van der Waals surface area contributed by atoms with E-state index in [1.54, 1.807) is 0 Å². The standard InChI is InChI=1S/C8H14O7/c1-2-8(15,6(12)7(13)14)5(11)4(10)3-9/h3-6,10-12,15H,2H2,1H3,(H,13,14)/t4-,5+,6+,8-/m0/s1. The van der Waals surface area contributed by atoms with Gasteiger partial charge in [-0.25, -0.2) is 4.79 Å². The Morgan fingerprint density at radius 1 is 1.40 bits per heavy atom. The van der Waals surface area contributed by atoms with Gasteiger partial charge in [0.1, 0.15) is 17.8 Å². The summed E-state index contributed by atoms with van der Waals surface area (Å²) >= 11 is 0. The van der Waals surface area contributed by atoms with E-state index < -0.39 is 29.9 Å². The summed E-state index contributed by atoms with van der Waals surface area (Å²) in [5.74, 6) is -1.75. The van der Waals surface area contributed by atoms with Gasteiger partial charge in [0, 0.05) is 0 Å². The van der Waals surface area contributed by atoms with Crippen LogP contribution >= 0.6 is 0 Å². The molecule has 0 aromatic rings. The SMILES string of the molecule is CC[C@@](O)([C@H](O)C(=O)O)[C@H](O)[C@@H](O)C=O. The lowest BCUT2D eigenvalue weighted by molar-refractivity contribution is -0.194. The van der Waals surface area contributed by atoms with E-state index in [0.717, 1.165) is 0 Å². The van der Waals surface area contributed by atoms with Crippen LogP contribution in [0.3, 0.4) is 0 Å². The number of hydrogen-bond acceptors (Lipinski definition) is 6. The van der Waals surface area contributed by atoms with Crippen LogP contribution in [0.4, 0.5) is 0 Å². The molecule has 0 aromatic carbocycles. The summed E-state index contributed by atoms with van der Waals surface area (Å²) in [4.78, 5) is 20.6. The maximum Gasteiger partial charge on any atom is 0.335 e. The summed E-state index contributed by atoms with van der Waals surface area (Å²) < 4.78 is 0. The van der Waals surface area contributed by atoms with Gasteiger partial charge >= 0.3 is 5.97 Å². The number of carbonyl (C=O) groups excluding carboxylic acids is 1. The second-order valence-corrected chi connectivity index (χ2v) is 3.16. The second-order valence-electron chi connectivity index (χ2n) is 3.16. The highest BCUT2D eigenvalue weighted by Crippen LogP contribution is 2.22. The normalized spacial score (nSPS) is 21.1. The van der Waals surface area contributed by atoms with E-state index in [9.17, 15) is 19.8 Å². The topological polar surface area (TPSA) is 135 Å². The van der Waals surface area contributed by atoms with E-state index in [0.29, 0.717) is 0 Å². The van der Waals surface area contributed by atoms with Gasteiger partial charge in [-0.1, -0.05) is 6.92 Å². The van der Waals surface area contributed by atoms with E-state index in [4.69, 9.17) is 15.3 Å². The van der Waals surface area contributed by atoms with Crippen molar-refractivity contribution in [2.75, 3.05) is 0 Å². The molecule has 0 unspecified atom stereocenters. The largest absolute Gasteiger partial charge is 0.479 e. The molecule has 15 heavy (non-hydrogen) atoms. The molecule has 88 valence electrons. The van der Waals surface area contributed by atoms with Crippen molar-refractivity contribution in [1.82, 2.24) is 0 Å². The van der Waals surface area contributed by atoms with Gasteiger partial charge in [0.25, 0.3) is 0 Å². The Morgan fingerprint density at radius 3 is 2.13 bits per heavy atom. The number of aldehydes is 1. The van der Waals surface area contributed by atoms with Gasteiger partial charge in [-0.2, -0.15) is 0 Å². The number of hydrogen-bond donors (Lipinski definition) is 5. The van der Waals surface area contributed by atoms with Gasteiger partial charge in [0.2, 0.25) is 0 Å². The average molecular weight is 222 g/mol. The molecule has 4 atom stereocenters. The number of carboxylic acid groups (broad SMARTS) is 1. The fraction of sp³-hybridized carbons (Fsp3) is 0.750. The molecule has 7 heteroatoms. The predicted molar refractivity (Wildman–Crippen MR) is 47.0 cm³/mol. The molecule has 0 fully saturated rings. The van der Waals surface area contributed by atoms with Crippen molar-refractivity contribution < 1.29 is 35.1 Å². The molecule has 5 N–H and O–H groups in total. The molecule has 0 aliphatic heterocycles. The minimum Gasteiger partial charge on any atom is -0.479 e. The molecule has 7 nitrogen and oxygen atoms in total. The average Bonchev–Trinajstić information content (AvgIpc) is 2.24. The van der Waals surface area contributed by atoms with Gasteiger partial charge in [-0.3, -0.25) is 0 Å². The van der Waals surface area contributed by atoms with E-state index in [-0.39, 0.29) is 12.7 Å². The number of carbonyl (C=O) groups is 2. The van der Waals surface area contributed by atoms with Crippen LogP contribution in [0.5, 0.6) is 0 Å². The quantitative estimate of drug-likeness (QED) is 0.313. The monoisotopic (exact) mass is 222 g/mol. The zero-order valence-electron chi connectivity index (χ0n) is 8.07. The molecule has 0 rings (SSSR count). The van der Waals surface area contributed by atoms with Crippen LogP contribution in [0, 0.1) is 0 Å². The minimum atomic E-state index is -2.47. The van der Waals surface area contributed by atoms with Gasteiger partial charge in [-0.05, 0) is 6.42 Å². The Balaban J connectivity index is 4.98. The fourth-order valence-electron chi connectivity index (χ4n) is 1.15. The first-order valence-corrected chi connectivity index (χ1v) is 4.25. The van der Waals surface area contributed by atoms with Crippen LogP contribution in [-0.2, 0) is 9.59 Å². The summed E-state index contributed by atoms with van der Waals surface area (Å²) in [5.41, 5.74) is -2.47. The maximum atomic E-state index is 10.4. The lowest BCUT2D eigenvalue weighted by atomic mass is 9.85. The Bertz CT molecular complexity index is 241. The van der Waals surface area contributed by atoms with Crippen LogP contribution in [0.15, 0.2) is 0 Å². The van der Waals surface area contributed by atoms with Crippen molar-refractivity contribution in [2.24, 2.45) is 0 Å². The van der Waals surface area contributed by atoms with Crippen LogP contribution in [-0.4, -0.2) is 61.7 Å². The van der Waals surface area contributed by atoms with Gasteiger partial charge in [-0.15, -0.1) is 0 Å². The van der Waals surface area contributed by atoms with E-state index >= 15 is 0 Å². The van der Waals surface area contributed by atoms with Gasteiger partial charge < -0.3 is 30.3 Å². The smallest absolute Gasteiger partial charge is 0.335 e. The Morgan fingerprint density at radius 2 is 1.87 bits per heavy atom. The molecule has 0 aliphatic rings. The molecule has 0 aliphatic carbocycles. The lowest BCUT2D eigenvalue weighted by Gasteiger charge is -2.34. The van der Waals surface area contributed by atoms with E-state index in [2.05, 4.69) is 0 Å². The van der Waals surface area contributed by atoms with Crippen molar-refractivity contribution in [2.45, 2.75) is 37.3 Å². The molecule has 0 radical (unpaired) electrons. The molecular formula is C8H14O7. The van der Waals surface area contributed by atoms with Crippen LogP contribution in [0.25, 0.3) is 0 Å². The zero-order valence-corrected chi connectivity index (χ0v) is 8.07.